The molecule has 0 aromatic heterocycles. The van der Waals surface area contributed by atoms with Gasteiger partial charge in [0.2, 0.25) is 0 Å². The van der Waals surface area contributed by atoms with Crippen LogP contribution in [0.1, 0.15) is 148 Å². The van der Waals surface area contributed by atoms with Gasteiger partial charge in [0, 0.05) is 11.5 Å². The molecule has 0 bridgehead atoms. The minimum atomic E-state index is -0.188. The van der Waals surface area contributed by atoms with Gasteiger partial charge in [-0.2, -0.15) is 0 Å². The number of halogens is 1. The zero-order valence-corrected chi connectivity index (χ0v) is 21.4. The van der Waals surface area contributed by atoms with E-state index >= 15 is 0 Å². The highest BCUT2D eigenvalue weighted by Gasteiger charge is 2.00. The third-order valence-corrected chi connectivity index (χ3v) is 6.06. The second kappa shape index (κ2) is 25.5. The Morgan fingerprint density at radius 1 is 0.645 bits per heavy atom. The average Bonchev–Trinajstić information content (AvgIpc) is 2.74. The first-order chi connectivity index (χ1) is 15.2. The molecule has 0 radical (unpaired) electrons. The largest absolute Gasteiger partial charge is 0.434 e. The summed E-state index contributed by atoms with van der Waals surface area (Å²) in [4.78, 5) is 11.5. The molecule has 0 heterocycles. The molecule has 0 aliphatic heterocycles. The molecule has 182 valence electrons. The van der Waals surface area contributed by atoms with E-state index in [1.807, 2.05) is 0 Å². The first-order valence-electron chi connectivity index (χ1n) is 13.4. The summed E-state index contributed by atoms with van der Waals surface area (Å²) < 4.78 is 4.93. The number of unbranched alkanes of at least 4 members (excludes halogenated alkanes) is 20. The highest BCUT2D eigenvalue weighted by atomic mass is 35.5. The molecule has 0 aromatic carbocycles. The zero-order chi connectivity index (χ0) is 22.8. The lowest BCUT2D eigenvalue weighted by Gasteiger charge is -2.04. The molecule has 0 rings (SSSR count). The van der Waals surface area contributed by atoms with Crippen molar-refractivity contribution in [3.05, 3.63) is 23.9 Å². The van der Waals surface area contributed by atoms with Gasteiger partial charge in [0.25, 0.3) is 0 Å². The predicted octanol–water partition coefficient (Wildman–Crippen LogP) is 10.4. The van der Waals surface area contributed by atoms with Crippen molar-refractivity contribution >= 4 is 17.6 Å². The van der Waals surface area contributed by atoms with Crippen LogP contribution in [0.2, 0.25) is 0 Å². The lowest BCUT2D eigenvalue weighted by atomic mass is 10.0. The fraction of sp³-hybridized carbons (Fsp3) is 0.821. The fourth-order valence-corrected chi connectivity index (χ4v) is 4.00. The number of allylic oxidation sites excluding steroid dienone is 2. The van der Waals surface area contributed by atoms with Crippen molar-refractivity contribution < 1.29 is 9.53 Å². The summed E-state index contributed by atoms with van der Waals surface area (Å²) in [5.41, 5.74) is 0. The Kier molecular flexibility index (Phi) is 24.9. The van der Waals surface area contributed by atoms with Crippen molar-refractivity contribution in [2.24, 2.45) is 0 Å². The van der Waals surface area contributed by atoms with Gasteiger partial charge in [0.15, 0.2) is 0 Å². The number of carbonyl (C=O) groups excluding carboxylic acids is 1. The van der Waals surface area contributed by atoms with Crippen molar-refractivity contribution in [2.45, 2.75) is 148 Å². The second-order valence-corrected chi connectivity index (χ2v) is 9.55. The molecular formula is C28H51ClO2. The standard InChI is InChI=1S/C28H51ClO2/c1-3-4-5-6-7-8-9-10-11-12-13-14-15-16-17-18-19-20-21-22-23-24-28(30)31-26-25-27(2)29/h25-26H,2-24H2,1H3. The summed E-state index contributed by atoms with van der Waals surface area (Å²) in [6.45, 7) is 5.79. The molecule has 0 aromatic rings. The van der Waals surface area contributed by atoms with E-state index in [0.29, 0.717) is 11.5 Å². The molecule has 0 unspecified atom stereocenters. The molecule has 2 nitrogen and oxygen atoms in total. The molecule has 0 spiro atoms. The Labute approximate surface area is 199 Å². The van der Waals surface area contributed by atoms with E-state index in [1.54, 1.807) is 0 Å². The maximum Gasteiger partial charge on any atom is 0.310 e. The van der Waals surface area contributed by atoms with Crippen LogP contribution in [-0.2, 0) is 9.53 Å². The van der Waals surface area contributed by atoms with Crippen molar-refractivity contribution in [1.29, 1.82) is 0 Å². The minimum Gasteiger partial charge on any atom is -0.434 e. The van der Waals surface area contributed by atoms with Crippen LogP contribution in [0.25, 0.3) is 0 Å². The fourth-order valence-electron chi connectivity index (χ4n) is 3.94. The summed E-state index contributed by atoms with van der Waals surface area (Å²) in [5, 5.41) is 0.363. The molecule has 0 atom stereocenters. The van der Waals surface area contributed by atoms with E-state index in [9.17, 15) is 4.79 Å². The lowest BCUT2D eigenvalue weighted by molar-refractivity contribution is -0.138. The number of hydrogen-bond acceptors (Lipinski definition) is 2. The number of rotatable bonds is 24. The van der Waals surface area contributed by atoms with Crippen molar-refractivity contribution in [3.8, 4) is 0 Å². The van der Waals surface area contributed by atoms with Gasteiger partial charge in [-0.1, -0.05) is 154 Å². The van der Waals surface area contributed by atoms with Gasteiger partial charge in [-0.25, -0.2) is 0 Å². The van der Waals surface area contributed by atoms with Gasteiger partial charge in [-0.15, -0.1) is 0 Å². The summed E-state index contributed by atoms with van der Waals surface area (Å²) in [6, 6.07) is 0. The van der Waals surface area contributed by atoms with E-state index in [4.69, 9.17) is 16.3 Å². The average molecular weight is 455 g/mol. The molecule has 31 heavy (non-hydrogen) atoms. The van der Waals surface area contributed by atoms with Crippen LogP contribution < -0.4 is 0 Å². The van der Waals surface area contributed by atoms with E-state index in [1.165, 1.54) is 134 Å². The summed E-state index contributed by atoms with van der Waals surface area (Å²) in [6.07, 6.45) is 32.0. The molecule has 0 aliphatic rings. The van der Waals surface area contributed by atoms with Crippen LogP contribution >= 0.6 is 11.6 Å². The van der Waals surface area contributed by atoms with Crippen LogP contribution in [0.4, 0.5) is 0 Å². The molecule has 0 aliphatic carbocycles. The van der Waals surface area contributed by atoms with Gasteiger partial charge < -0.3 is 4.74 Å². The molecule has 0 fully saturated rings. The number of hydrogen-bond donors (Lipinski definition) is 0. The van der Waals surface area contributed by atoms with E-state index in [-0.39, 0.29) is 5.97 Å². The Morgan fingerprint density at radius 2 is 0.968 bits per heavy atom. The SMILES string of the molecule is C=C(Cl)C=COC(=O)CCCCCCCCCCCCCCCCCCCCCCC. The van der Waals surface area contributed by atoms with Gasteiger partial charge in [-0.05, 0) is 12.5 Å². The van der Waals surface area contributed by atoms with Gasteiger partial charge in [0.05, 0.1) is 6.26 Å². The minimum absolute atomic E-state index is 0.188. The van der Waals surface area contributed by atoms with Gasteiger partial charge in [0.1, 0.15) is 0 Å². The van der Waals surface area contributed by atoms with Crippen molar-refractivity contribution in [2.75, 3.05) is 0 Å². The third-order valence-electron chi connectivity index (χ3n) is 5.93. The van der Waals surface area contributed by atoms with E-state index in [0.717, 1.165) is 12.8 Å². The number of esters is 1. The predicted molar refractivity (Wildman–Crippen MR) is 137 cm³/mol. The van der Waals surface area contributed by atoms with E-state index < -0.39 is 0 Å². The normalized spacial score (nSPS) is 11.3. The molecule has 3 heteroatoms. The Balaban J connectivity index is 3.12. The Hall–Kier alpha value is -0.760. The topological polar surface area (TPSA) is 26.3 Å². The second-order valence-electron chi connectivity index (χ2n) is 9.06. The smallest absolute Gasteiger partial charge is 0.310 e. The molecule has 0 saturated heterocycles. The number of carbonyl (C=O) groups is 1. The van der Waals surface area contributed by atoms with Gasteiger partial charge in [-0.3, -0.25) is 4.79 Å². The molecular weight excluding hydrogens is 404 g/mol. The lowest BCUT2D eigenvalue weighted by Crippen LogP contribution is -1.98. The van der Waals surface area contributed by atoms with Crippen LogP contribution in [0.5, 0.6) is 0 Å². The zero-order valence-electron chi connectivity index (χ0n) is 20.6. The molecule has 0 saturated carbocycles. The van der Waals surface area contributed by atoms with Crippen LogP contribution in [0, 0.1) is 0 Å². The first kappa shape index (κ1) is 30.2. The van der Waals surface area contributed by atoms with Crippen LogP contribution in [-0.4, -0.2) is 5.97 Å². The first-order valence-corrected chi connectivity index (χ1v) is 13.7. The summed E-state index contributed by atoms with van der Waals surface area (Å²) in [5.74, 6) is -0.188. The maximum absolute atomic E-state index is 11.5. The quantitative estimate of drug-likeness (QED) is 0.0626. The van der Waals surface area contributed by atoms with Crippen molar-refractivity contribution in [1.82, 2.24) is 0 Å². The summed E-state index contributed by atoms with van der Waals surface area (Å²) >= 11 is 5.56. The number of ether oxygens (including phenoxy) is 1. The van der Waals surface area contributed by atoms with Crippen LogP contribution in [0.15, 0.2) is 23.9 Å². The summed E-state index contributed by atoms with van der Waals surface area (Å²) in [7, 11) is 0. The van der Waals surface area contributed by atoms with Gasteiger partial charge >= 0.3 is 5.97 Å². The molecule has 0 N–H and O–H groups in total. The van der Waals surface area contributed by atoms with Crippen molar-refractivity contribution in [3.63, 3.8) is 0 Å². The highest BCUT2D eigenvalue weighted by Crippen LogP contribution is 2.15. The van der Waals surface area contributed by atoms with Crippen LogP contribution in [0.3, 0.4) is 0 Å². The Bertz CT molecular complexity index is 431. The van der Waals surface area contributed by atoms with E-state index in [2.05, 4.69) is 13.5 Å². The monoisotopic (exact) mass is 454 g/mol. The highest BCUT2D eigenvalue weighted by molar-refractivity contribution is 6.30. The third kappa shape index (κ3) is 27.2. The maximum atomic E-state index is 11.5. The molecule has 0 amide bonds. The Morgan fingerprint density at radius 3 is 1.29 bits per heavy atom.